The summed E-state index contributed by atoms with van der Waals surface area (Å²) in [4.78, 5) is 8.77. The number of hydrogen-bond donors (Lipinski definition) is 3. The summed E-state index contributed by atoms with van der Waals surface area (Å²) < 4.78 is 6.00. The third kappa shape index (κ3) is 5.73. The van der Waals surface area contributed by atoms with Crippen molar-refractivity contribution in [2.45, 2.75) is 19.8 Å². The molecule has 0 saturated carbocycles. The van der Waals surface area contributed by atoms with Crippen LogP contribution in [0, 0.1) is 19.3 Å². The van der Waals surface area contributed by atoms with Gasteiger partial charge in [-0.3, -0.25) is 0 Å². The molecule has 4 rings (SSSR count). The van der Waals surface area contributed by atoms with Gasteiger partial charge >= 0.3 is 170 Å². The number of fused-ring (bicyclic) bond motifs is 1. The fourth-order valence-electron chi connectivity index (χ4n) is 3.56. The fraction of sp³-hybridized carbons (Fsp3) is 0.148. The number of rotatable bonds is 9. The van der Waals surface area contributed by atoms with Gasteiger partial charge < -0.3 is 0 Å². The van der Waals surface area contributed by atoms with Gasteiger partial charge in [0, 0.05) is 5.56 Å². The van der Waals surface area contributed by atoms with Crippen molar-refractivity contribution in [2.75, 3.05) is 23.0 Å². The molecule has 3 aromatic carbocycles. The third-order valence-electron chi connectivity index (χ3n) is 5.31. The van der Waals surface area contributed by atoms with Gasteiger partial charge in [0.25, 0.3) is 0 Å². The van der Waals surface area contributed by atoms with E-state index in [9.17, 15) is 0 Å². The van der Waals surface area contributed by atoms with Crippen LogP contribution in [0.3, 0.4) is 0 Å². The van der Waals surface area contributed by atoms with Crippen LogP contribution in [0.2, 0.25) is 0 Å². The molecule has 0 aliphatic heterocycles. The van der Waals surface area contributed by atoms with Crippen LogP contribution in [0.4, 0.5) is 22.9 Å². The standard InChI is InChI=1S/C27H26BN5O/c1-3-19-6-4-7-20(15-19)32-27-22-16-21(10-12-24(22)30-17-31-27)34-13-5-8-26(28)33-25-14-18(2)9-11-23(25)29/h1,4,6-7,9-12,14-17,28,33H,5,8,13,29H2,2H3,(H,30,31,32). The Morgan fingerprint density at radius 3 is 2.85 bits per heavy atom. The summed E-state index contributed by atoms with van der Waals surface area (Å²) >= 11 is 0. The van der Waals surface area contributed by atoms with Crippen LogP contribution in [0.1, 0.15) is 24.0 Å². The molecule has 0 atom stereocenters. The number of aromatic nitrogens is 2. The maximum atomic E-state index is 6.04. The molecule has 1 aromatic heterocycles. The molecular formula is C27H26BN5O. The molecule has 7 heteroatoms. The van der Waals surface area contributed by atoms with E-state index in [0.29, 0.717) is 18.1 Å². The van der Waals surface area contributed by atoms with Gasteiger partial charge in [-0.1, -0.05) is 12.0 Å². The van der Waals surface area contributed by atoms with Crippen LogP contribution < -0.4 is 21.1 Å². The molecule has 0 aliphatic rings. The van der Waals surface area contributed by atoms with Crippen LogP contribution in [-0.4, -0.2) is 29.6 Å². The molecule has 0 amide bonds. The molecule has 0 radical (unpaired) electrons. The summed E-state index contributed by atoms with van der Waals surface area (Å²) in [6.45, 7) is 2.58. The molecule has 0 fully saturated rings. The number of anilines is 4. The van der Waals surface area contributed by atoms with Crippen LogP contribution >= 0.6 is 0 Å². The number of ether oxygens (including phenoxy) is 1. The molecule has 4 aromatic rings. The normalized spacial score (nSPS) is 10.4. The van der Waals surface area contributed by atoms with Crippen molar-refractivity contribution in [2.24, 2.45) is 0 Å². The number of nitrogens with zero attached hydrogens (tertiary/aromatic N) is 2. The van der Waals surface area contributed by atoms with Crippen LogP contribution in [0.5, 0.6) is 5.75 Å². The van der Waals surface area contributed by atoms with Gasteiger partial charge in [0.2, 0.25) is 0 Å². The summed E-state index contributed by atoms with van der Waals surface area (Å²) in [7, 11) is 4.11. The number of nitrogens with one attached hydrogen (secondary N) is 2. The maximum absolute atomic E-state index is 6.04. The third-order valence-corrected chi connectivity index (χ3v) is 5.31. The topological polar surface area (TPSA) is 85.1 Å². The number of nitrogen functional groups attached to an aromatic ring is 1. The van der Waals surface area contributed by atoms with Crippen molar-refractivity contribution < 1.29 is 4.74 Å². The Morgan fingerprint density at radius 2 is 2.00 bits per heavy atom. The van der Waals surface area contributed by atoms with Gasteiger partial charge in [-0.25, -0.2) is 0 Å². The first-order valence-corrected chi connectivity index (χ1v) is 11.0. The molecule has 0 saturated heterocycles. The molecule has 4 N–H and O–H groups in total. The van der Waals surface area contributed by atoms with Gasteiger partial charge in [0.05, 0.1) is 0 Å². The van der Waals surface area contributed by atoms with E-state index >= 15 is 0 Å². The zero-order valence-corrected chi connectivity index (χ0v) is 19.1. The predicted molar refractivity (Wildman–Crippen MR) is 143 cm³/mol. The molecule has 0 unspecified atom stereocenters. The molecule has 6 nitrogen and oxygen atoms in total. The molecule has 168 valence electrons. The van der Waals surface area contributed by atoms with Crippen molar-refractivity contribution in [3.05, 3.63) is 78.1 Å². The number of hydrogen-bond acceptors (Lipinski definition) is 6. The minimum atomic E-state index is 0.552. The van der Waals surface area contributed by atoms with Gasteiger partial charge in [0.15, 0.2) is 0 Å². The first kappa shape index (κ1) is 22.9. The van der Waals surface area contributed by atoms with Crippen molar-refractivity contribution in [1.82, 2.24) is 9.97 Å². The number of nitrogens with two attached hydrogens (primary N) is 1. The van der Waals surface area contributed by atoms with Gasteiger partial charge in [-0.05, 0) is 6.07 Å². The van der Waals surface area contributed by atoms with Crippen molar-refractivity contribution >= 4 is 46.9 Å². The second kappa shape index (κ2) is 10.5. The summed E-state index contributed by atoms with van der Waals surface area (Å²) in [5.74, 6) is 4.09. The summed E-state index contributed by atoms with van der Waals surface area (Å²) in [6.07, 6.45) is 8.63. The molecule has 1 heterocycles. The van der Waals surface area contributed by atoms with Gasteiger partial charge in [-0.15, -0.1) is 6.42 Å². The van der Waals surface area contributed by atoms with Crippen molar-refractivity contribution in [3.63, 3.8) is 0 Å². The molecule has 0 aliphatic carbocycles. The Bertz CT molecular complexity index is 1380. The van der Waals surface area contributed by atoms with E-state index in [1.165, 1.54) is 6.33 Å². The summed E-state index contributed by atoms with van der Waals surface area (Å²) in [5, 5.41) is 7.50. The van der Waals surface area contributed by atoms with Crippen LogP contribution in [0.15, 0.2) is 67.0 Å². The number of terminal acetylenes is 1. The second-order valence-corrected chi connectivity index (χ2v) is 8.02. The fourth-order valence-corrected chi connectivity index (χ4v) is 3.56. The first-order valence-electron chi connectivity index (χ1n) is 11.0. The van der Waals surface area contributed by atoms with E-state index in [2.05, 4.69) is 34.0 Å². The molecule has 34 heavy (non-hydrogen) atoms. The summed E-state index contributed by atoms with van der Waals surface area (Å²) in [6, 6.07) is 19.3. The van der Waals surface area contributed by atoms with E-state index in [0.717, 1.165) is 57.6 Å². The molecular weight excluding hydrogens is 421 g/mol. The molecule has 0 bridgehead atoms. The average molecular weight is 447 g/mol. The monoisotopic (exact) mass is 447 g/mol. The average Bonchev–Trinajstić information content (AvgIpc) is 2.84. The number of aryl methyl sites for hydroxylation is 1. The van der Waals surface area contributed by atoms with E-state index in [1.807, 2.05) is 67.6 Å². The summed E-state index contributed by atoms with van der Waals surface area (Å²) in [5.41, 5.74) is 12.2. The van der Waals surface area contributed by atoms with Crippen LogP contribution in [-0.2, 0) is 0 Å². The Balaban J connectivity index is 1.37. The van der Waals surface area contributed by atoms with E-state index in [4.69, 9.17) is 16.9 Å². The Morgan fingerprint density at radius 1 is 1.12 bits per heavy atom. The minimum absolute atomic E-state index is 0.552. The van der Waals surface area contributed by atoms with Crippen molar-refractivity contribution in [1.29, 1.82) is 0 Å². The predicted octanol–water partition coefficient (Wildman–Crippen LogP) is 4.55. The van der Waals surface area contributed by atoms with Crippen molar-refractivity contribution in [3.8, 4) is 18.1 Å². The van der Waals surface area contributed by atoms with Gasteiger partial charge in [-0.2, -0.15) is 0 Å². The van der Waals surface area contributed by atoms with E-state index in [1.54, 1.807) is 0 Å². The first-order chi connectivity index (χ1) is 16.5. The Labute approximate surface area is 200 Å². The molecule has 0 spiro atoms. The van der Waals surface area contributed by atoms with Gasteiger partial charge in [0.1, 0.15) is 0 Å². The zero-order chi connectivity index (χ0) is 23.9. The Hall–Kier alpha value is -4.31. The second-order valence-electron chi connectivity index (χ2n) is 8.02. The zero-order valence-electron chi connectivity index (χ0n) is 19.1. The Kier molecular flexibility index (Phi) is 7.09. The van der Waals surface area contributed by atoms with E-state index < -0.39 is 0 Å². The SMILES string of the molecule is B=C(CCCOc1ccc2ncnc(Nc3cccc(C#C)c3)c2c1)Nc1cc(C)ccc1N. The quantitative estimate of drug-likeness (QED) is 0.151. The van der Waals surface area contributed by atoms with Crippen LogP contribution in [0.25, 0.3) is 10.9 Å². The van der Waals surface area contributed by atoms with E-state index in [-0.39, 0.29) is 0 Å². The number of benzene rings is 3.